The molecule has 17 heavy (non-hydrogen) atoms. The molecule has 102 valence electrons. The minimum Gasteiger partial charge on any atom is -0.312 e. The molecule has 0 amide bonds. The summed E-state index contributed by atoms with van der Waals surface area (Å²) in [6, 6.07) is 0. The van der Waals surface area contributed by atoms with Gasteiger partial charge in [-0.3, -0.25) is 0 Å². The lowest BCUT2D eigenvalue weighted by molar-refractivity contribution is 0.114. The number of hydrogen-bond donors (Lipinski definition) is 1. The average Bonchev–Trinajstić information content (AvgIpc) is 2.14. The van der Waals surface area contributed by atoms with Gasteiger partial charge in [-0.15, -0.1) is 0 Å². The highest BCUT2D eigenvalue weighted by Gasteiger charge is 2.37. The van der Waals surface area contributed by atoms with Crippen molar-refractivity contribution in [1.29, 1.82) is 0 Å². The van der Waals surface area contributed by atoms with E-state index in [2.05, 4.69) is 26.1 Å². The van der Waals surface area contributed by atoms with Crippen molar-refractivity contribution in [3.63, 3.8) is 0 Å². The first-order chi connectivity index (χ1) is 7.68. The second kappa shape index (κ2) is 5.27. The van der Waals surface area contributed by atoms with E-state index in [-0.39, 0.29) is 16.7 Å². The van der Waals surface area contributed by atoms with E-state index < -0.39 is 9.84 Å². The third-order valence-electron chi connectivity index (χ3n) is 3.79. The standard InChI is InChI=1S/C13H27NO2S/c1-5-17(15,16)10-9-13(7-6-8-13)11-14-12(2,3)4/h14H,5-11H2,1-4H3. The zero-order chi connectivity index (χ0) is 13.2. The van der Waals surface area contributed by atoms with E-state index >= 15 is 0 Å². The van der Waals surface area contributed by atoms with Gasteiger partial charge in [-0.1, -0.05) is 13.3 Å². The van der Waals surface area contributed by atoms with Gasteiger partial charge in [0.05, 0.1) is 5.75 Å². The topological polar surface area (TPSA) is 46.2 Å². The maximum Gasteiger partial charge on any atom is 0.150 e. The van der Waals surface area contributed by atoms with Crippen LogP contribution in [0.3, 0.4) is 0 Å². The highest BCUT2D eigenvalue weighted by molar-refractivity contribution is 7.91. The zero-order valence-corrected chi connectivity index (χ0v) is 12.5. The van der Waals surface area contributed by atoms with Gasteiger partial charge >= 0.3 is 0 Å². The lowest BCUT2D eigenvalue weighted by Crippen LogP contribution is -2.47. The smallest absolute Gasteiger partial charge is 0.150 e. The van der Waals surface area contributed by atoms with Crippen LogP contribution in [0.5, 0.6) is 0 Å². The molecule has 0 aromatic carbocycles. The monoisotopic (exact) mass is 261 g/mol. The quantitative estimate of drug-likeness (QED) is 0.798. The van der Waals surface area contributed by atoms with Gasteiger partial charge in [0.25, 0.3) is 0 Å². The highest BCUT2D eigenvalue weighted by Crippen LogP contribution is 2.43. The summed E-state index contributed by atoms with van der Waals surface area (Å²) in [4.78, 5) is 0. The SMILES string of the molecule is CCS(=O)(=O)CCC1(CNC(C)(C)C)CCC1. The summed E-state index contributed by atoms with van der Waals surface area (Å²) in [7, 11) is -2.81. The van der Waals surface area contributed by atoms with Crippen molar-refractivity contribution in [2.45, 2.75) is 58.9 Å². The van der Waals surface area contributed by atoms with Crippen molar-refractivity contribution in [3.05, 3.63) is 0 Å². The van der Waals surface area contributed by atoms with Crippen molar-refractivity contribution in [1.82, 2.24) is 5.32 Å². The fourth-order valence-electron chi connectivity index (χ4n) is 2.16. The Kier molecular flexibility index (Phi) is 4.64. The predicted molar refractivity (Wildman–Crippen MR) is 73.0 cm³/mol. The minimum absolute atomic E-state index is 0.117. The van der Waals surface area contributed by atoms with E-state index in [9.17, 15) is 8.42 Å². The van der Waals surface area contributed by atoms with Crippen molar-refractivity contribution in [3.8, 4) is 0 Å². The van der Waals surface area contributed by atoms with Crippen LogP contribution in [0.4, 0.5) is 0 Å². The van der Waals surface area contributed by atoms with Crippen molar-refractivity contribution < 1.29 is 8.42 Å². The van der Waals surface area contributed by atoms with Crippen LogP contribution in [0.1, 0.15) is 53.4 Å². The molecule has 1 aliphatic carbocycles. The van der Waals surface area contributed by atoms with Crippen LogP contribution in [0.25, 0.3) is 0 Å². The third-order valence-corrected chi connectivity index (χ3v) is 5.50. The molecule has 0 spiro atoms. The second-order valence-electron chi connectivity index (χ2n) is 6.44. The molecule has 0 unspecified atom stereocenters. The van der Waals surface area contributed by atoms with E-state index in [4.69, 9.17) is 0 Å². The summed E-state index contributed by atoms with van der Waals surface area (Å²) in [5.41, 5.74) is 0.363. The Bertz CT molecular complexity index is 337. The van der Waals surface area contributed by atoms with Crippen LogP contribution in [-0.2, 0) is 9.84 Å². The van der Waals surface area contributed by atoms with Gasteiger partial charge in [0.15, 0.2) is 0 Å². The van der Waals surface area contributed by atoms with Crippen molar-refractivity contribution >= 4 is 9.84 Å². The highest BCUT2D eigenvalue weighted by atomic mass is 32.2. The normalized spacial score (nSPS) is 20.0. The Morgan fingerprint density at radius 3 is 2.18 bits per heavy atom. The fraction of sp³-hybridized carbons (Fsp3) is 1.00. The molecular weight excluding hydrogens is 234 g/mol. The molecule has 3 nitrogen and oxygen atoms in total. The lowest BCUT2D eigenvalue weighted by Gasteiger charge is -2.44. The predicted octanol–water partition coefficient (Wildman–Crippen LogP) is 2.37. The Labute approximate surface area is 106 Å². The van der Waals surface area contributed by atoms with Gasteiger partial charge in [-0.2, -0.15) is 0 Å². The van der Waals surface area contributed by atoms with E-state index in [1.165, 1.54) is 19.3 Å². The summed E-state index contributed by atoms with van der Waals surface area (Å²) < 4.78 is 23.1. The number of nitrogens with one attached hydrogen (secondary N) is 1. The van der Waals surface area contributed by atoms with E-state index in [1.54, 1.807) is 6.92 Å². The summed E-state index contributed by atoms with van der Waals surface area (Å²) in [5, 5.41) is 3.52. The maximum atomic E-state index is 11.6. The second-order valence-corrected chi connectivity index (χ2v) is 8.92. The van der Waals surface area contributed by atoms with Crippen molar-refractivity contribution in [2.75, 3.05) is 18.1 Å². The Morgan fingerprint density at radius 1 is 1.24 bits per heavy atom. The molecule has 4 heteroatoms. The largest absolute Gasteiger partial charge is 0.312 e. The number of hydrogen-bond acceptors (Lipinski definition) is 3. The molecule has 1 fully saturated rings. The first-order valence-corrected chi connectivity index (χ1v) is 8.46. The molecule has 0 aromatic rings. The first kappa shape index (κ1) is 15.0. The summed E-state index contributed by atoms with van der Waals surface area (Å²) in [6.45, 7) is 9.15. The van der Waals surface area contributed by atoms with Crippen LogP contribution in [0.2, 0.25) is 0 Å². The Morgan fingerprint density at radius 2 is 1.82 bits per heavy atom. The van der Waals surface area contributed by atoms with Crippen LogP contribution in [0, 0.1) is 5.41 Å². The molecule has 0 aromatic heterocycles. The summed E-state index contributed by atoms with van der Waals surface area (Å²) >= 11 is 0. The first-order valence-electron chi connectivity index (χ1n) is 6.64. The number of rotatable bonds is 6. The fourth-order valence-corrected chi connectivity index (χ4v) is 3.19. The Hall–Kier alpha value is -0.0900. The van der Waals surface area contributed by atoms with Crippen LogP contribution >= 0.6 is 0 Å². The van der Waals surface area contributed by atoms with Gasteiger partial charge in [-0.05, 0) is 45.4 Å². The molecular formula is C13H27NO2S. The summed E-state index contributed by atoms with van der Waals surface area (Å²) in [5.74, 6) is 0.630. The molecule has 0 atom stereocenters. The van der Waals surface area contributed by atoms with Gasteiger partial charge in [0.1, 0.15) is 9.84 Å². The molecule has 0 aliphatic heterocycles. The maximum absolute atomic E-state index is 11.6. The lowest BCUT2D eigenvalue weighted by atomic mass is 9.67. The van der Waals surface area contributed by atoms with Crippen LogP contribution in [-0.4, -0.2) is 32.0 Å². The molecule has 0 heterocycles. The van der Waals surface area contributed by atoms with E-state index in [1.807, 2.05) is 0 Å². The molecule has 0 saturated heterocycles. The molecule has 0 radical (unpaired) electrons. The molecule has 0 bridgehead atoms. The minimum atomic E-state index is -2.81. The zero-order valence-electron chi connectivity index (χ0n) is 11.7. The van der Waals surface area contributed by atoms with Crippen LogP contribution < -0.4 is 5.32 Å². The van der Waals surface area contributed by atoms with E-state index in [0.717, 1.165) is 13.0 Å². The Balaban J connectivity index is 2.47. The molecule has 1 rings (SSSR count). The van der Waals surface area contributed by atoms with Crippen LogP contribution in [0.15, 0.2) is 0 Å². The van der Waals surface area contributed by atoms with Gasteiger partial charge in [0.2, 0.25) is 0 Å². The van der Waals surface area contributed by atoms with E-state index in [0.29, 0.717) is 5.75 Å². The third kappa shape index (κ3) is 4.96. The van der Waals surface area contributed by atoms with Gasteiger partial charge in [-0.25, -0.2) is 8.42 Å². The molecule has 1 saturated carbocycles. The average molecular weight is 261 g/mol. The molecule has 1 aliphatic rings. The molecule has 1 N–H and O–H groups in total. The van der Waals surface area contributed by atoms with Gasteiger partial charge in [0, 0.05) is 17.8 Å². The number of sulfone groups is 1. The summed E-state index contributed by atoms with van der Waals surface area (Å²) in [6.07, 6.45) is 4.43. The van der Waals surface area contributed by atoms with Gasteiger partial charge < -0.3 is 5.32 Å². The van der Waals surface area contributed by atoms with Crippen molar-refractivity contribution in [2.24, 2.45) is 5.41 Å².